The fourth-order valence-corrected chi connectivity index (χ4v) is 2.32. The number of hydrogen-bond donors (Lipinski definition) is 2. The lowest BCUT2D eigenvalue weighted by Gasteiger charge is -2.16. The van der Waals surface area contributed by atoms with Crippen molar-refractivity contribution in [2.75, 3.05) is 11.9 Å². The van der Waals surface area contributed by atoms with Crippen LogP contribution in [-0.2, 0) is 11.2 Å². The second-order valence-corrected chi connectivity index (χ2v) is 4.60. The quantitative estimate of drug-likeness (QED) is 0.839. The zero-order chi connectivity index (χ0) is 12.3. The number of para-hydroxylation sites is 1. The number of nitrogens with one attached hydrogen (secondary N) is 2. The van der Waals surface area contributed by atoms with Crippen LogP contribution < -0.4 is 10.6 Å². The van der Waals surface area contributed by atoms with E-state index in [1.54, 1.807) is 0 Å². The normalized spacial score (nSPS) is 19.3. The van der Waals surface area contributed by atoms with Gasteiger partial charge in [0.2, 0.25) is 5.91 Å². The first-order valence-electron chi connectivity index (χ1n) is 6.35. The van der Waals surface area contributed by atoms with E-state index in [-0.39, 0.29) is 11.9 Å². The van der Waals surface area contributed by atoms with Gasteiger partial charge in [-0.15, -0.1) is 0 Å². The maximum Gasteiger partial charge on any atom is 0.241 e. The predicted octanol–water partition coefficient (Wildman–Crippen LogP) is 2.25. The second kappa shape index (κ2) is 5.32. The third-order valence-electron chi connectivity index (χ3n) is 3.36. The first-order chi connectivity index (χ1) is 8.22. The molecule has 0 aliphatic carbocycles. The number of anilines is 1. The van der Waals surface area contributed by atoms with E-state index in [4.69, 9.17) is 0 Å². The van der Waals surface area contributed by atoms with E-state index in [0.29, 0.717) is 0 Å². The minimum Gasteiger partial charge on any atom is -0.324 e. The summed E-state index contributed by atoms with van der Waals surface area (Å²) in [6, 6.07) is 6.14. The molecular formula is C14H20N2O. The van der Waals surface area contributed by atoms with E-state index in [1.807, 2.05) is 19.1 Å². The molecule has 1 saturated heterocycles. The Balaban J connectivity index is 2.14. The highest BCUT2D eigenvalue weighted by Gasteiger charge is 2.22. The van der Waals surface area contributed by atoms with Gasteiger partial charge in [-0.05, 0) is 43.9 Å². The molecule has 0 aromatic heterocycles. The minimum absolute atomic E-state index is 0.0145. The summed E-state index contributed by atoms with van der Waals surface area (Å²) in [6.07, 6.45) is 2.97. The number of carbonyl (C=O) groups is 1. The molecule has 1 heterocycles. The van der Waals surface area contributed by atoms with E-state index in [1.165, 1.54) is 5.56 Å². The smallest absolute Gasteiger partial charge is 0.241 e. The SMILES string of the molecule is CCc1cccc(C)c1NC(=O)[C@H]1CCCN1. The van der Waals surface area contributed by atoms with Gasteiger partial charge in [-0.25, -0.2) is 0 Å². The van der Waals surface area contributed by atoms with E-state index >= 15 is 0 Å². The van der Waals surface area contributed by atoms with Crippen LogP contribution in [0.1, 0.15) is 30.9 Å². The molecule has 1 atom stereocenters. The largest absolute Gasteiger partial charge is 0.324 e. The highest BCUT2D eigenvalue weighted by molar-refractivity contribution is 5.96. The molecule has 0 unspecified atom stereocenters. The Bertz CT molecular complexity index is 409. The molecule has 1 amide bonds. The molecule has 1 aliphatic heterocycles. The van der Waals surface area contributed by atoms with Gasteiger partial charge in [-0.3, -0.25) is 4.79 Å². The van der Waals surface area contributed by atoms with Gasteiger partial charge >= 0.3 is 0 Å². The highest BCUT2D eigenvalue weighted by atomic mass is 16.2. The van der Waals surface area contributed by atoms with Crippen LogP contribution in [0.5, 0.6) is 0 Å². The standard InChI is InChI=1S/C14H20N2O/c1-3-11-7-4-6-10(2)13(11)16-14(17)12-8-5-9-15-12/h4,6-7,12,15H,3,5,8-9H2,1-2H3,(H,16,17)/t12-/m1/s1. The monoisotopic (exact) mass is 232 g/mol. The topological polar surface area (TPSA) is 41.1 Å². The average molecular weight is 232 g/mol. The number of amides is 1. The van der Waals surface area contributed by atoms with Crippen LogP contribution >= 0.6 is 0 Å². The van der Waals surface area contributed by atoms with Crippen molar-refractivity contribution in [1.29, 1.82) is 0 Å². The molecule has 92 valence electrons. The fraction of sp³-hybridized carbons (Fsp3) is 0.500. The highest BCUT2D eigenvalue weighted by Crippen LogP contribution is 2.21. The molecule has 1 fully saturated rings. The number of hydrogen-bond acceptors (Lipinski definition) is 2. The van der Waals surface area contributed by atoms with Crippen molar-refractivity contribution in [3.63, 3.8) is 0 Å². The van der Waals surface area contributed by atoms with Crippen molar-refractivity contribution in [3.8, 4) is 0 Å². The lowest BCUT2D eigenvalue weighted by molar-refractivity contribution is -0.117. The predicted molar refractivity (Wildman–Crippen MR) is 70.2 cm³/mol. The lowest BCUT2D eigenvalue weighted by Crippen LogP contribution is -2.35. The third kappa shape index (κ3) is 2.67. The van der Waals surface area contributed by atoms with Gasteiger partial charge in [0.1, 0.15) is 0 Å². The molecular weight excluding hydrogens is 212 g/mol. The number of carbonyl (C=O) groups excluding carboxylic acids is 1. The molecule has 0 spiro atoms. The average Bonchev–Trinajstić information content (AvgIpc) is 2.85. The summed E-state index contributed by atoms with van der Waals surface area (Å²) in [5.74, 6) is 0.103. The Labute approximate surface area is 103 Å². The van der Waals surface area contributed by atoms with Crippen LogP contribution in [0.4, 0.5) is 5.69 Å². The lowest BCUT2D eigenvalue weighted by atomic mass is 10.1. The first kappa shape index (κ1) is 12.1. The molecule has 2 rings (SSSR count). The summed E-state index contributed by atoms with van der Waals surface area (Å²) >= 11 is 0. The van der Waals surface area contributed by atoms with Crippen LogP contribution in [0.3, 0.4) is 0 Å². The molecule has 0 radical (unpaired) electrons. The molecule has 17 heavy (non-hydrogen) atoms. The summed E-state index contributed by atoms with van der Waals surface area (Å²) < 4.78 is 0. The van der Waals surface area contributed by atoms with Crippen molar-refractivity contribution >= 4 is 11.6 Å². The third-order valence-corrected chi connectivity index (χ3v) is 3.36. The van der Waals surface area contributed by atoms with Gasteiger partial charge in [-0.2, -0.15) is 0 Å². The van der Waals surface area contributed by atoms with Crippen LogP contribution in [-0.4, -0.2) is 18.5 Å². The molecule has 1 aromatic carbocycles. The molecule has 3 heteroatoms. The molecule has 3 nitrogen and oxygen atoms in total. The summed E-state index contributed by atoms with van der Waals surface area (Å²) in [5.41, 5.74) is 3.33. The van der Waals surface area contributed by atoms with Gasteiger partial charge in [0.05, 0.1) is 6.04 Å². The van der Waals surface area contributed by atoms with Crippen molar-refractivity contribution in [3.05, 3.63) is 29.3 Å². The Hall–Kier alpha value is -1.35. The minimum atomic E-state index is -0.0145. The van der Waals surface area contributed by atoms with Crippen LogP contribution in [0.25, 0.3) is 0 Å². The van der Waals surface area contributed by atoms with E-state index < -0.39 is 0 Å². The van der Waals surface area contributed by atoms with Crippen LogP contribution in [0.2, 0.25) is 0 Å². The van der Waals surface area contributed by atoms with E-state index in [2.05, 4.69) is 23.6 Å². The Morgan fingerprint density at radius 1 is 1.53 bits per heavy atom. The first-order valence-corrected chi connectivity index (χ1v) is 6.35. The van der Waals surface area contributed by atoms with E-state index in [9.17, 15) is 4.79 Å². The Kier molecular flexibility index (Phi) is 3.79. The molecule has 0 saturated carbocycles. The number of aryl methyl sites for hydroxylation is 2. The van der Waals surface area contributed by atoms with Crippen molar-refractivity contribution < 1.29 is 4.79 Å². The molecule has 1 aliphatic rings. The van der Waals surface area contributed by atoms with Gasteiger partial charge < -0.3 is 10.6 Å². The van der Waals surface area contributed by atoms with Crippen molar-refractivity contribution in [2.45, 2.75) is 39.2 Å². The van der Waals surface area contributed by atoms with Gasteiger partial charge in [0.15, 0.2) is 0 Å². The summed E-state index contributed by atoms with van der Waals surface area (Å²) in [4.78, 5) is 12.1. The maximum atomic E-state index is 12.1. The van der Waals surface area contributed by atoms with Gasteiger partial charge in [0, 0.05) is 5.69 Å². The van der Waals surface area contributed by atoms with Crippen molar-refractivity contribution in [2.24, 2.45) is 0 Å². The number of rotatable bonds is 3. The van der Waals surface area contributed by atoms with Gasteiger partial charge in [0.25, 0.3) is 0 Å². The zero-order valence-corrected chi connectivity index (χ0v) is 10.5. The Morgan fingerprint density at radius 3 is 3.00 bits per heavy atom. The second-order valence-electron chi connectivity index (χ2n) is 4.60. The number of benzene rings is 1. The Morgan fingerprint density at radius 2 is 2.35 bits per heavy atom. The molecule has 2 N–H and O–H groups in total. The van der Waals surface area contributed by atoms with E-state index in [0.717, 1.165) is 37.1 Å². The molecule has 0 bridgehead atoms. The van der Waals surface area contributed by atoms with Crippen LogP contribution in [0.15, 0.2) is 18.2 Å². The maximum absolute atomic E-state index is 12.1. The zero-order valence-electron chi connectivity index (χ0n) is 10.5. The fourth-order valence-electron chi connectivity index (χ4n) is 2.32. The summed E-state index contributed by atoms with van der Waals surface area (Å²) in [6.45, 7) is 5.10. The van der Waals surface area contributed by atoms with Gasteiger partial charge in [-0.1, -0.05) is 25.1 Å². The molecule has 1 aromatic rings. The van der Waals surface area contributed by atoms with Crippen LogP contribution in [0, 0.1) is 6.92 Å². The summed E-state index contributed by atoms with van der Waals surface area (Å²) in [5, 5.41) is 6.29. The van der Waals surface area contributed by atoms with Crippen molar-refractivity contribution in [1.82, 2.24) is 5.32 Å². The summed E-state index contributed by atoms with van der Waals surface area (Å²) in [7, 11) is 0.